The number of hydrogen-bond donors (Lipinski definition) is 0. The molecule has 0 atom stereocenters. The van der Waals surface area contributed by atoms with Crippen LogP contribution in [0.25, 0.3) is 0 Å². The fraction of sp³-hybridized carbons (Fsp3) is 1.00. The lowest BCUT2D eigenvalue weighted by Gasteiger charge is -2.42. The van der Waals surface area contributed by atoms with Gasteiger partial charge < -0.3 is 4.48 Å². The molecule has 0 aliphatic carbocycles. The van der Waals surface area contributed by atoms with Gasteiger partial charge in [0.15, 0.2) is 0 Å². The molecule has 1 saturated heterocycles. The molecule has 1 aliphatic heterocycles. The van der Waals surface area contributed by atoms with Crippen molar-refractivity contribution in [3.8, 4) is 0 Å². The molecule has 0 N–H and O–H groups in total. The Labute approximate surface area is 154 Å². The standard InChI is InChI=1S/C23H48N/c1-3-5-7-8-9-10-11-12-13-14-15-17-21-24(20-6-4-2)22-18-16-19-23-24/h3-23H2,1-2H3/q+1. The topological polar surface area (TPSA) is 0 Å². The Morgan fingerprint density at radius 2 is 0.875 bits per heavy atom. The van der Waals surface area contributed by atoms with Gasteiger partial charge in [0.1, 0.15) is 0 Å². The Kier molecular flexibility index (Phi) is 14.0. The lowest BCUT2D eigenvalue weighted by atomic mass is 10.0. The van der Waals surface area contributed by atoms with Crippen LogP contribution in [0, 0.1) is 0 Å². The summed E-state index contributed by atoms with van der Waals surface area (Å²) in [4.78, 5) is 0. The quantitative estimate of drug-likeness (QED) is 0.202. The van der Waals surface area contributed by atoms with Crippen molar-refractivity contribution in [3.63, 3.8) is 0 Å². The first-order valence-electron chi connectivity index (χ1n) is 11.7. The van der Waals surface area contributed by atoms with Gasteiger partial charge in [-0.2, -0.15) is 0 Å². The van der Waals surface area contributed by atoms with Crippen LogP contribution in [-0.4, -0.2) is 30.7 Å². The molecule has 0 aromatic heterocycles. The molecular formula is C23H48N+. The van der Waals surface area contributed by atoms with E-state index in [1.807, 2.05) is 0 Å². The fourth-order valence-electron chi connectivity index (χ4n) is 4.52. The molecule has 0 aromatic carbocycles. The SMILES string of the molecule is CCCCCCCCCCCCCC[N+]1(CCCC)CCCCC1. The van der Waals surface area contributed by atoms with E-state index in [1.54, 1.807) is 0 Å². The Bertz CT molecular complexity index is 255. The van der Waals surface area contributed by atoms with Gasteiger partial charge in [0, 0.05) is 0 Å². The maximum atomic E-state index is 2.35. The van der Waals surface area contributed by atoms with Gasteiger partial charge in [-0.1, -0.05) is 84.5 Å². The van der Waals surface area contributed by atoms with Gasteiger partial charge in [-0.05, 0) is 38.5 Å². The number of quaternary nitrogens is 1. The van der Waals surface area contributed by atoms with Crippen LogP contribution in [0.2, 0.25) is 0 Å². The zero-order chi connectivity index (χ0) is 17.3. The predicted molar refractivity (Wildman–Crippen MR) is 110 cm³/mol. The third-order valence-electron chi connectivity index (χ3n) is 6.24. The van der Waals surface area contributed by atoms with Crippen molar-refractivity contribution in [1.29, 1.82) is 0 Å². The third-order valence-corrected chi connectivity index (χ3v) is 6.24. The molecule has 144 valence electrons. The van der Waals surface area contributed by atoms with Crippen molar-refractivity contribution in [2.24, 2.45) is 0 Å². The molecule has 24 heavy (non-hydrogen) atoms. The molecule has 0 unspecified atom stereocenters. The van der Waals surface area contributed by atoms with E-state index in [0.29, 0.717) is 0 Å². The molecule has 0 bridgehead atoms. The monoisotopic (exact) mass is 338 g/mol. The first kappa shape index (κ1) is 22.0. The zero-order valence-corrected chi connectivity index (χ0v) is 17.3. The van der Waals surface area contributed by atoms with Gasteiger partial charge in [0.25, 0.3) is 0 Å². The van der Waals surface area contributed by atoms with Crippen LogP contribution in [0.15, 0.2) is 0 Å². The largest absolute Gasteiger partial charge is 0.324 e. The smallest absolute Gasteiger partial charge is 0.0786 e. The fourth-order valence-corrected chi connectivity index (χ4v) is 4.52. The number of unbranched alkanes of at least 4 members (excludes halogenated alkanes) is 12. The second-order valence-corrected chi connectivity index (χ2v) is 8.54. The highest BCUT2D eigenvalue weighted by atomic mass is 15.3. The minimum atomic E-state index is 1.37. The summed E-state index contributed by atoms with van der Waals surface area (Å²) in [6.07, 6.45) is 24.9. The van der Waals surface area contributed by atoms with Gasteiger partial charge >= 0.3 is 0 Å². The first-order valence-corrected chi connectivity index (χ1v) is 11.7. The second-order valence-electron chi connectivity index (χ2n) is 8.54. The van der Waals surface area contributed by atoms with Crippen LogP contribution < -0.4 is 0 Å². The van der Waals surface area contributed by atoms with E-state index in [-0.39, 0.29) is 0 Å². The van der Waals surface area contributed by atoms with Gasteiger partial charge in [-0.15, -0.1) is 0 Å². The van der Waals surface area contributed by atoms with Crippen molar-refractivity contribution in [2.75, 3.05) is 26.2 Å². The Hall–Kier alpha value is -0.0400. The van der Waals surface area contributed by atoms with E-state index < -0.39 is 0 Å². The van der Waals surface area contributed by atoms with Crippen molar-refractivity contribution in [1.82, 2.24) is 0 Å². The van der Waals surface area contributed by atoms with Gasteiger partial charge in [-0.3, -0.25) is 0 Å². The average molecular weight is 339 g/mol. The summed E-state index contributed by atoms with van der Waals surface area (Å²) in [7, 11) is 0. The molecule has 0 saturated carbocycles. The molecule has 0 radical (unpaired) electrons. The van der Waals surface area contributed by atoms with Crippen molar-refractivity contribution in [3.05, 3.63) is 0 Å². The summed E-state index contributed by atoms with van der Waals surface area (Å²) >= 11 is 0. The highest BCUT2D eigenvalue weighted by molar-refractivity contribution is 4.56. The molecule has 1 heteroatoms. The van der Waals surface area contributed by atoms with E-state index in [1.165, 1.54) is 140 Å². The molecular weight excluding hydrogens is 290 g/mol. The van der Waals surface area contributed by atoms with Crippen LogP contribution in [-0.2, 0) is 0 Å². The van der Waals surface area contributed by atoms with Crippen LogP contribution in [0.4, 0.5) is 0 Å². The van der Waals surface area contributed by atoms with E-state index in [2.05, 4.69) is 13.8 Å². The number of rotatable bonds is 16. The Balaban J connectivity index is 1.94. The maximum absolute atomic E-state index is 2.35. The minimum Gasteiger partial charge on any atom is -0.324 e. The summed E-state index contributed by atoms with van der Waals surface area (Å²) in [5.74, 6) is 0. The number of piperidine rings is 1. The predicted octanol–water partition coefficient (Wildman–Crippen LogP) is 7.49. The van der Waals surface area contributed by atoms with Crippen LogP contribution in [0.3, 0.4) is 0 Å². The highest BCUT2D eigenvalue weighted by Gasteiger charge is 2.28. The van der Waals surface area contributed by atoms with E-state index in [0.717, 1.165) is 0 Å². The second kappa shape index (κ2) is 15.2. The van der Waals surface area contributed by atoms with E-state index in [9.17, 15) is 0 Å². The zero-order valence-electron chi connectivity index (χ0n) is 17.3. The third kappa shape index (κ3) is 10.7. The van der Waals surface area contributed by atoms with Crippen molar-refractivity contribution in [2.45, 2.75) is 123 Å². The van der Waals surface area contributed by atoms with E-state index >= 15 is 0 Å². The molecule has 1 rings (SSSR count). The van der Waals surface area contributed by atoms with Gasteiger partial charge in [-0.25, -0.2) is 0 Å². The molecule has 0 amide bonds. The Morgan fingerprint density at radius 1 is 0.458 bits per heavy atom. The molecule has 1 heterocycles. The van der Waals surface area contributed by atoms with Crippen LogP contribution in [0.5, 0.6) is 0 Å². The normalized spacial score (nSPS) is 17.2. The molecule has 1 fully saturated rings. The lowest BCUT2D eigenvalue weighted by molar-refractivity contribution is -0.932. The van der Waals surface area contributed by atoms with Gasteiger partial charge in [0.05, 0.1) is 26.2 Å². The number of nitrogens with zero attached hydrogens (tertiary/aromatic N) is 1. The number of likely N-dealkylation sites (tertiary alicyclic amines) is 1. The summed E-state index contributed by atoms with van der Waals surface area (Å²) < 4.78 is 1.48. The highest BCUT2D eigenvalue weighted by Crippen LogP contribution is 2.22. The van der Waals surface area contributed by atoms with Crippen molar-refractivity contribution < 1.29 is 4.48 Å². The van der Waals surface area contributed by atoms with Gasteiger partial charge in [0.2, 0.25) is 0 Å². The first-order chi connectivity index (χ1) is 11.8. The maximum Gasteiger partial charge on any atom is 0.0786 e. The Morgan fingerprint density at radius 3 is 1.38 bits per heavy atom. The van der Waals surface area contributed by atoms with Crippen LogP contribution >= 0.6 is 0 Å². The average Bonchev–Trinajstić information content (AvgIpc) is 2.62. The lowest BCUT2D eigenvalue weighted by Crippen LogP contribution is -2.52. The molecule has 1 aliphatic rings. The minimum absolute atomic E-state index is 1.37. The van der Waals surface area contributed by atoms with Crippen molar-refractivity contribution >= 4 is 0 Å². The summed E-state index contributed by atoms with van der Waals surface area (Å²) in [6, 6.07) is 0. The van der Waals surface area contributed by atoms with E-state index in [4.69, 9.17) is 0 Å². The summed E-state index contributed by atoms with van der Waals surface area (Å²) in [5, 5.41) is 0. The van der Waals surface area contributed by atoms with Crippen LogP contribution in [0.1, 0.15) is 123 Å². The summed E-state index contributed by atoms with van der Waals surface area (Å²) in [5.41, 5.74) is 0. The molecule has 0 aromatic rings. The molecule has 0 spiro atoms. The summed E-state index contributed by atoms with van der Waals surface area (Å²) in [6.45, 7) is 10.6. The number of hydrogen-bond acceptors (Lipinski definition) is 0. The molecule has 1 nitrogen and oxygen atoms in total.